The van der Waals surface area contributed by atoms with Crippen molar-refractivity contribution in [2.45, 2.75) is 53.4 Å². The number of rotatable bonds is 7. The highest BCUT2D eigenvalue weighted by molar-refractivity contribution is 5.87. The highest BCUT2D eigenvalue weighted by atomic mass is 16.2. The Labute approximate surface area is 140 Å². The highest BCUT2D eigenvalue weighted by Crippen LogP contribution is 2.27. The largest absolute Gasteiger partial charge is 0.352 e. The Morgan fingerprint density at radius 1 is 0.957 bits per heavy atom. The standard InChI is InChI=1S/C18H33N3O2/c1-13(2)9-17(22)19-11-15-5-7-16(8-6-15)12-21-18(23)20-10-14(3)4/h9,14-16H,5-8,10-12H2,1-4H3,(H,19,22)(H2,20,21,23). The molecule has 0 aromatic heterocycles. The summed E-state index contributed by atoms with van der Waals surface area (Å²) in [5.74, 6) is 1.61. The summed E-state index contributed by atoms with van der Waals surface area (Å²) in [5, 5.41) is 8.82. The van der Waals surface area contributed by atoms with E-state index < -0.39 is 0 Å². The Morgan fingerprint density at radius 2 is 1.48 bits per heavy atom. The summed E-state index contributed by atoms with van der Waals surface area (Å²) in [5.41, 5.74) is 1.02. The molecule has 0 aromatic rings. The van der Waals surface area contributed by atoms with Gasteiger partial charge < -0.3 is 16.0 Å². The predicted molar refractivity (Wildman–Crippen MR) is 94.1 cm³/mol. The van der Waals surface area contributed by atoms with Crippen LogP contribution in [0.1, 0.15) is 53.4 Å². The molecule has 1 saturated carbocycles. The van der Waals surface area contributed by atoms with Crippen LogP contribution in [-0.4, -0.2) is 31.6 Å². The average Bonchev–Trinajstić information content (AvgIpc) is 2.49. The second-order valence-electron chi connectivity index (χ2n) is 7.34. The van der Waals surface area contributed by atoms with E-state index in [2.05, 4.69) is 29.8 Å². The molecule has 0 spiro atoms. The molecule has 1 rings (SSSR count). The number of carbonyl (C=O) groups is 2. The molecule has 132 valence electrons. The van der Waals surface area contributed by atoms with Crippen LogP contribution in [0.15, 0.2) is 11.6 Å². The van der Waals surface area contributed by atoms with Gasteiger partial charge in [-0.2, -0.15) is 0 Å². The van der Waals surface area contributed by atoms with Crippen LogP contribution in [0.3, 0.4) is 0 Å². The highest BCUT2D eigenvalue weighted by Gasteiger charge is 2.21. The predicted octanol–water partition coefficient (Wildman–Crippen LogP) is 2.83. The Balaban J connectivity index is 2.14. The van der Waals surface area contributed by atoms with Gasteiger partial charge in [-0.15, -0.1) is 0 Å². The first-order valence-corrected chi connectivity index (χ1v) is 8.81. The van der Waals surface area contributed by atoms with Crippen LogP contribution >= 0.6 is 0 Å². The molecule has 0 unspecified atom stereocenters. The van der Waals surface area contributed by atoms with E-state index in [1.807, 2.05) is 13.8 Å². The third-order valence-electron chi connectivity index (χ3n) is 4.17. The van der Waals surface area contributed by atoms with Crippen LogP contribution in [0.4, 0.5) is 4.79 Å². The zero-order valence-electron chi connectivity index (χ0n) is 15.1. The molecule has 5 nitrogen and oxygen atoms in total. The first kappa shape index (κ1) is 19.5. The summed E-state index contributed by atoms with van der Waals surface area (Å²) in [7, 11) is 0. The number of hydrogen-bond acceptors (Lipinski definition) is 2. The quantitative estimate of drug-likeness (QED) is 0.631. The van der Waals surface area contributed by atoms with Crippen molar-refractivity contribution in [2.24, 2.45) is 17.8 Å². The molecule has 1 fully saturated rings. The van der Waals surface area contributed by atoms with E-state index in [-0.39, 0.29) is 11.9 Å². The number of urea groups is 1. The smallest absolute Gasteiger partial charge is 0.314 e. The molecule has 0 radical (unpaired) electrons. The van der Waals surface area contributed by atoms with Gasteiger partial charge in [-0.25, -0.2) is 4.79 Å². The second kappa shape index (κ2) is 10.3. The lowest BCUT2D eigenvalue weighted by molar-refractivity contribution is -0.116. The monoisotopic (exact) mass is 323 g/mol. The van der Waals surface area contributed by atoms with E-state index in [4.69, 9.17) is 0 Å². The van der Waals surface area contributed by atoms with Crippen molar-refractivity contribution in [1.82, 2.24) is 16.0 Å². The van der Waals surface area contributed by atoms with Gasteiger partial charge in [-0.05, 0) is 57.3 Å². The summed E-state index contributed by atoms with van der Waals surface area (Å²) < 4.78 is 0. The minimum absolute atomic E-state index is 0.00983. The van der Waals surface area contributed by atoms with Crippen LogP contribution in [-0.2, 0) is 4.79 Å². The van der Waals surface area contributed by atoms with Crippen molar-refractivity contribution >= 4 is 11.9 Å². The van der Waals surface area contributed by atoms with Crippen LogP contribution in [0.5, 0.6) is 0 Å². The van der Waals surface area contributed by atoms with Crippen molar-refractivity contribution < 1.29 is 9.59 Å². The molecule has 3 N–H and O–H groups in total. The van der Waals surface area contributed by atoms with Crippen molar-refractivity contribution in [1.29, 1.82) is 0 Å². The minimum atomic E-state index is -0.0604. The van der Waals surface area contributed by atoms with Gasteiger partial charge in [-0.1, -0.05) is 19.4 Å². The number of allylic oxidation sites excluding steroid dienone is 1. The number of carbonyl (C=O) groups excluding carboxylic acids is 2. The summed E-state index contributed by atoms with van der Waals surface area (Å²) in [4.78, 5) is 23.3. The summed E-state index contributed by atoms with van der Waals surface area (Å²) >= 11 is 0. The molecular weight excluding hydrogens is 290 g/mol. The molecule has 1 aliphatic rings. The third kappa shape index (κ3) is 9.26. The number of hydrogen-bond donors (Lipinski definition) is 3. The van der Waals surface area contributed by atoms with E-state index >= 15 is 0 Å². The van der Waals surface area contributed by atoms with Gasteiger partial charge in [0, 0.05) is 25.7 Å². The molecule has 3 amide bonds. The van der Waals surface area contributed by atoms with Crippen molar-refractivity contribution in [2.75, 3.05) is 19.6 Å². The zero-order valence-corrected chi connectivity index (χ0v) is 15.1. The van der Waals surface area contributed by atoms with Gasteiger partial charge in [0.15, 0.2) is 0 Å². The Morgan fingerprint density at radius 3 is 1.96 bits per heavy atom. The number of nitrogens with one attached hydrogen (secondary N) is 3. The molecule has 5 heteroatoms. The average molecular weight is 323 g/mol. The Bertz CT molecular complexity index is 406. The van der Waals surface area contributed by atoms with Crippen molar-refractivity contribution in [3.63, 3.8) is 0 Å². The Kier molecular flexibility index (Phi) is 8.74. The summed E-state index contributed by atoms with van der Waals surface area (Å²) in [6.07, 6.45) is 6.12. The maximum atomic E-state index is 11.6. The van der Waals surface area contributed by atoms with E-state index in [1.54, 1.807) is 6.08 Å². The van der Waals surface area contributed by atoms with Crippen molar-refractivity contribution in [3.8, 4) is 0 Å². The Hall–Kier alpha value is -1.52. The minimum Gasteiger partial charge on any atom is -0.352 e. The summed E-state index contributed by atoms with van der Waals surface area (Å²) in [6, 6.07) is -0.0604. The van der Waals surface area contributed by atoms with E-state index in [0.29, 0.717) is 24.3 Å². The number of amides is 3. The third-order valence-corrected chi connectivity index (χ3v) is 4.17. The fraction of sp³-hybridized carbons (Fsp3) is 0.778. The van der Waals surface area contributed by atoms with Crippen LogP contribution in [0, 0.1) is 17.8 Å². The molecule has 1 aliphatic carbocycles. The molecule has 0 aliphatic heterocycles. The first-order valence-electron chi connectivity index (χ1n) is 8.81. The molecule has 23 heavy (non-hydrogen) atoms. The molecule has 0 bridgehead atoms. The molecule has 0 heterocycles. The lowest BCUT2D eigenvalue weighted by atomic mass is 9.82. The van der Waals surface area contributed by atoms with Gasteiger partial charge in [-0.3, -0.25) is 4.79 Å². The molecule has 0 aromatic carbocycles. The maximum Gasteiger partial charge on any atom is 0.314 e. The van der Waals surface area contributed by atoms with Gasteiger partial charge >= 0.3 is 6.03 Å². The topological polar surface area (TPSA) is 70.2 Å². The van der Waals surface area contributed by atoms with E-state index in [1.165, 1.54) is 0 Å². The van der Waals surface area contributed by atoms with Crippen LogP contribution < -0.4 is 16.0 Å². The maximum absolute atomic E-state index is 11.6. The second-order valence-corrected chi connectivity index (χ2v) is 7.34. The van der Waals surface area contributed by atoms with Gasteiger partial charge in [0.1, 0.15) is 0 Å². The fourth-order valence-electron chi connectivity index (χ4n) is 2.79. The van der Waals surface area contributed by atoms with Crippen LogP contribution in [0.25, 0.3) is 0 Å². The molecule has 0 saturated heterocycles. The van der Waals surface area contributed by atoms with E-state index in [9.17, 15) is 9.59 Å². The SMILES string of the molecule is CC(C)=CC(=O)NCC1CCC(CNC(=O)NCC(C)C)CC1. The lowest BCUT2D eigenvalue weighted by Crippen LogP contribution is -2.40. The van der Waals surface area contributed by atoms with E-state index in [0.717, 1.165) is 44.3 Å². The van der Waals surface area contributed by atoms with Crippen LogP contribution in [0.2, 0.25) is 0 Å². The first-order chi connectivity index (χ1) is 10.9. The molecule has 0 atom stereocenters. The molecular formula is C18H33N3O2. The van der Waals surface area contributed by atoms with Gasteiger partial charge in [0.25, 0.3) is 0 Å². The van der Waals surface area contributed by atoms with Crippen molar-refractivity contribution in [3.05, 3.63) is 11.6 Å². The lowest BCUT2D eigenvalue weighted by Gasteiger charge is -2.28. The fourth-order valence-corrected chi connectivity index (χ4v) is 2.79. The van der Waals surface area contributed by atoms with Gasteiger partial charge in [0.2, 0.25) is 5.91 Å². The normalized spacial score (nSPS) is 20.7. The zero-order chi connectivity index (χ0) is 17.2. The summed E-state index contributed by atoms with van der Waals surface area (Å²) in [6.45, 7) is 10.2. The van der Waals surface area contributed by atoms with Gasteiger partial charge in [0.05, 0.1) is 0 Å².